The van der Waals surface area contributed by atoms with E-state index in [1.165, 1.54) is 18.9 Å². The number of anilines is 2. The Kier molecular flexibility index (Phi) is 5.22. The van der Waals surface area contributed by atoms with E-state index in [0.717, 1.165) is 24.3 Å². The second kappa shape index (κ2) is 7.13. The third-order valence-corrected chi connectivity index (χ3v) is 3.62. The second-order valence-electron chi connectivity index (χ2n) is 5.43. The highest BCUT2D eigenvalue weighted by Crippen LogP contribution is 2.25. The third kappa shape index (κ3) is 4.23. The molecular formula is C16H23N3O2. The van der Waals surface area contributed by atoms with Crippen LogP contribution in [-0.4, -0.2) is 36.8 Å². The molecule has 2 rings (SSSR count). The SMILES string of the molecule is CC(CO)NC(=O)/C=C/c1cc(N2CCCC2)ccc1N. The number of nitrogens with one attached hydrogen (secondary N) is 1. The van der Waals surface area contributed by atoms with Gasteiger partial charge in [-0.05, 0) is 49.6 Å². The van der Waals surface area contributed by atoms with Gasteiger partial charge in [0.15, 0.2) is 0 Å². The van der Waals surface area contributed by atoms with E-state index in [2.05, 4.69) is 10.2 Å². The van der Waals surface area contributed by atoms with Crippen LogP contribution in [0.5, 0.6) is 0 Å². The molecule has 1 aromatic carbocycles. The van der Waals surface area contributed by atoms with Crippen molar-refractivity contribution in [2.24, 2.45) is 0 Å². The van der Waals surface area contributed by atoms with Crippen LogP contribution in [0.15, 0.2) is 24.3 Å². The van der Waals surface area contributed by atoms with Crippen LogP contribution in [0.25, 0.3) is 6.08 Å². The molecule has 4 N–H and O–H groups in total. The van der Waals surface area contributed by atoms with Crippen LogP contribution in [0.1, 0.15) is 25.3 Å². The highest BCUT2D eigenvalue weighted by atomic mass is 16.3. The van der Waals surface area contributed by atoms with Crippen LogP contribution >= 0.6 is 0 Å². The molecule has 1 aliphatic heterocycles. The number of benzene rings is 1. The highest BCUT2D eigenvalue weighted by molar-refractivity contribution is 5.93. The Hall–Kier alpha value is -2.01. The van der Waals surface area contributed by atoms with Crippen molar-refractivity contribution in [1.82, 2.24) is 5.32 Å². The number of nitrogens with two attached hydrogens (primary N) is 1. The van der Waals surface area contributed by atoms with Crippen molar-refractivity contribution in [2.45, 2.75) is 25.8 Å². The van der Waals surface area contributed by atoms with E-state index in [0.29, 0.717) is 5.69 Å². The molecule has 1 saturated heterocycles. The van der Waals surface area contributed by atoms with Crippen molar-refractivity contribution in [3.05, 3.63) is 29.8 Å². The molecule has 0 radical (unpaired) electrons. The van der Waals surface area contributed by atoms with E-state index in [1.807, 2.05) is 18.2 Å². The van der Waals surface area contributed by atoms with Crippen LogP contribution in [0.4, 0.5) is 11.4 Å². The summed E-state index contributed by atoms with van der Waals surface area (Å²) in [7, 11) is 0. The van der Waals surface area contributed by atoms with E-state index in [4.69, 9.17) is 10.8 Å². The van der Waals surface area contributed by atoms with Crippen LogP contribution in [0.2, 0.25) is 0 Å². The zero-order chi connectivity index (χ0) is 15.2. The monoisotopic (exact) mass is 289 g/mol. The van der Waals surface area contributed by atoms with Gasteiger partial charge in [-0.3, -0.25) is 4.79 Å². The van der Waals surface area contributed by atoms with Gasteiger partial charge in [0.05, 0.1) is 6.61 Å². The van der Waals surface area contributed by atoms with Crippen molar-refractivity contribution in [2.75, 3.05) is 30.3 Å². The lowest BCUT2D eigenvalue weighted by Crippen LogP contribution is -2.33. The maximum absolute atomic E-state index is 11.7. The van der Waals surface area contributed by atoms with Gasteiger partial charge in [-0.15, -0.1) is 0 Å². The second-order valence-corrected chi connectivity index (χ2v) is 5.43. The number of aliphatic hydroxyl groups is 1. The van der Waals surface area contributed by atoms with Gasteiger partial charge in [0.2, 0.25) is 5.91 Å². The molecule has 0 aromatic heterocycles. The summed E-state index contributed by atoms with van der Waals surface area (Å²) in [6, 6.07) is 5.66. The molecule has 114 valence electrons. The Morgan fingerprint density at radius 2 is 2.19 bits per heavy atom. The Morgan fingerprint density at radius 3 is 2.86 bits per heavy atom. The van der Waals surface area contributed by atoms with E-state index in [1.54, 1.807) is 13.0 Å². The van der Waals surface area contributed by atoms with E-state index in [9.17, 15) is 4.79 Å². The molecule has 0 bridgehead atoms. The van der Waals surface area contributed by atoms with Gasteiger partial charge >= 0.3 is 0 Å². The summed E-state index contributed by atoms with van der Waals surface area (Å²) in [6.07, 6.45) is 5.61. The molecule has 1 unspecified atom stereocenters. The average Bonchev–Trinajstić information content (AvgIpc) is 3.00. The van der Waals surface area contributed by atoms with Gasteiger partial charge in [-0.25, -0.2) is 0 Å². The number of hydrogen-bond donors (Lipinski definition) is 3. The number of rotatable bonds is 5. The summed E-state index contributed by atoms with van der Waals surface area (Å²) in [5, 5.41) is 11.6. The molecule has 5 heteroatoms. The van der Waals surface area contributed by atoms with E-state index in [-0.39, 0.29) is 18.6 Å². The lowest BCUT2D eigenvalue weighted by Gasteiger charge is -2.18. The Morgan fingerprint density at radius 1 is 1.48 bits per heavy atom. The fraction of sp³-hybridized carbons (Fsp3) is 0.438. The number of nitrogens with zero attached hydrogens (tertiary/aromatic N) is 1. The van der Waals surface area contributed by atoms with E-state index < -0.39 is 0 Å². The number of hydrogen-bond acceptors (Lipinski definition) is 4. The minimum absolute atomic E-state index is 0.0772. The van der Waals surface area contributed by atoms with Gasteiger partial charge in [-0.1, -0.05) is 0 Å². The van der Waals surface area contributed by atoms with Crippen molar-refractivity contribution in [3.8, 4) is 0 Å². The Bertz CT molecular complexity index is 522. The van der Waals surface area contributed by atoms with Gasteiger partial charge < -0.3 is 21.1 Å². The van der Waals surface area contributed by atoms with Crippen LogP contribution in [0, 0.1) is 0 Å². The Labute approximate surface area is 125 Å². The van der Waals surface area contributed by atoms with Crippen molar-refractivity contribution in [1.29, 1.82) is 0 Å². The smallest absolute Gasteiger partial charge is 0.244 e. The number of aliphatic hydroxyl groups excluding tert-OH is 1. The van der Waals surface area contributed by atoms with Crippen LogP contribution in [-0.2, 0) is 4.79 Å². The molecule has 1 atom stereocenters. The predicted molar refractivity (Wildman–Crippen MR) is 86.0 cm³/mol. The molecule has 0 spiro atoms. The molecule has 1 heterocycles. The van der Waals surface area contributed by atoms with Gasteiger partial charge in [0.1, 0.15) is 0 Å². The Balaban J connectivity index is 2.08. The number of nitrogen functional groups attached to an aromatic ring is 1. The summed E-state index contributed by atoms with van der Waals surface area (Å²) in [5.74, 6) is -0.234. The first-order valence-corrected chi connectivity index (χ1v) is 7.34. The topological polar surface area (TPSA) is 78.6 Å². The fourth-order valence-corrected chi connectivity index (χ4v) is 2.38. The minimum Gasteiger partial charge on any atom is -0.398 e. The summed E-state index contributed by atoms with van der Waals surface area (Å²) in [6.45, 7) is 3.81. The van der Waals surface area contributed by atoms with E-state index >= 15 is 0 Å². The lowest BCUT2D eigenvalue weighted by molar-refractivity contribution is -0.117. The molecule has 0 saturated carbocycles. The summed E-state index contributed by atoms with van der Waals surface area (Å²) in [5.41, 5.74) is 8.59. The standard InChI is InChI=1S/C16H23N3O2/c1-12(11-20)18-16(21)7-4-13-10-14(5-6-15(13)17)19-8-2-3-9-19/h4-7,10,12,20H,2-3,8-9,11,17H2,1H3,(H,18,21)/b7-4+. The fourth-order valence-electron chi connectivity index (χ4n) is 2.38. The largest absolute Gasteiger partial charge is 0.398 e. The average molecular weight is 289 g/mol. The van der Waals surface area contributed by atoms with Gasteiger partial charge in [0, 0.05) is 36.6 Å². The van der Waals surface area contributed by atoms with Crippen molar-refractivity contribution in [3.63, 3.8) is 0 Å². The first kappa shape index (κ1) is 15.4. The number of amides is 1. The van der Waals surface area contributed by atoms with Gasteiger partial charge in [-0.2, -0.15) is 0 Å². The highest BCUT2D eigenvalue weighted by Gasteiger charge is 2.13. The number of carbonyl (C=O) groups is 1. The van der Waals surface area contributed by atoms with Crippen molar-refractivity contribution >= 4 is 23.4 Å². The molecular weight excluding hydrogens is 266 g/mol. The molecule has 1 fully saturated rings. The lowest BCUT2D eigenvalue weighted by atomic mass is 10.1. The molecule has 1 amide bonds. The summed E-state index contributed by atoms with van der Waals surface area (Å²) in [4.78, 5) is 14.0. The molecule has 5 nitrogen and oxygen atoms in total. The molecule has 21 heavy (non-hydrogen) atoms. The molecule has 0 aliphatic carbocycles. The third-order valence-electron chi connectivity index (χ3n) is 3.62. The normalized spacial score (nSPS) is 16.4. The summed E-state index contributed by atoms with van der Waals surface area (Å²) >= 11 is 0. The van der Waals surface area contributed by atoms with Crippen LogP contribution in [0.3, 0.4) is 0 Å². The van der Waals surface area contributed by atoms with Crippen LogP contribution < -0.4 is 16.0 Å². The minimum atomic E-state index is -0.254. The zero-order valence-electron chi connectivity index (χ0n) is 12.4. The zero-order valence-corrected chi connectivity index (χ0v) is 12.4. The first-order valence-electron chi connectivity index (χ1n) is 7.34. The summed E-state index contributed by atoms with van der Waals surface area (Å²) < 4.78 is 0. The predicted octanol–water partition coefficient (Wildman–Crippen LogP) is 1.38. The number of carbonyl (C=O) groups excluding carboxylic acids is 1. The maximum Gasteiger partial charge on any atom is 0.244 e. The molecule has 1 aliphatic rings. The maximum atomic E-state index is 11.7. The van der Waals surface area contributed by atoms with Crippen molar-refractivity contribution < 1.29 is 9.90 Å². The van der Waals surface area contributed by atoms with Gasteiger partial charge in [0.25, 0.3) is 0 Å². The quantitative estimate of drug-likeness (QED) is 0.565. The first-order chi connectivity index (χ1) is 10.1. The molecule has 1 aromatic rings.